The lowest BCUT2D eigenvalue weighted by Gasteiger charge is -2.11. The highest BCUT2D eigenvalue weighted by Gasteiger charge is 2.11. The van der Waals surface area contributed by atoms with Gasteiger partial charge in [-0.1, -0.05) is 46.6 Å². The predicted octanol–water partition coefficient (Wildman–Crippen LogP) is 5.98. The Hall–Kier alpha value is -3.03. The first-order valence-electron chi connectivity index (χ1n) is 9.87. The van der Waals surface area contributed by atoms with Crippen LogP contribution in [0.4, 0.5) is 4.39 Å². The van der Waals surface area contributed by atoms with Gasteiger partial charge in [0.1, 0.15) is 24.0 Å². The molecule has 0 aliphatic carbocycles. The monoisotopic (exact) mass is 513 g/mol. The van der Waals surface area contributed by atoms with E-state index in [0.717, 1.165) is 4.47 Å². The average molecular weight is 515 g/mol. The van der Waals surface area contributed by atoms with Crippen molar-refractivity contribution in [3.8, 4) is 5.75 Å². The van der Waals surface area contributed by atoms with Crippen LogP contribution in [0.3, 0.4) is 0 Å². The fourth-order valence-corrected chi connectivity index (χ4v) is 3.74. The Balaban J connectivity index is 1.70. The smallest absolute Gasteiger partial charge is 0.282 e. The molecule has 4 aromatic rings. The molecule has 0 fully saturated rings. The lowest BCUT2D eigenvalue weighted by Crippen LogP contribution is -2.22. The van der Waals surface area contributed by atoms with Crippen LogP contribution in [0.1, 0.15) is 23.9 Å². The van der Waals surface area contributed by atoms with E-state index in [4.69, 9.17) is 16.3 Å². The van der Waals surface area contributed by atoms with Crippen molar-refractivity contribution in [2.24, 2.45) is 5.10 Å². The highest BCUT2D eigenvalue weighted by molar-refractivity contribution is 9.10. The molecule has 32 heavy (non-hydrogen) atoms. The van der Waals surface area contributed by atoms with Gasteiger partial charge in [-0.15, -0.1) is 0 Å². The van der Waals surface area contributed by atoms with Crippen LogP contribution < -0.4 is 10.3 Å². The molecular formula is C24H18BrClFN3O2. The SMILES string of the molecule is CCc1nc2ccc(Br)cc2c(=O)n1N=Cc1cc(Cl)ccc1OCc1cccc(F)c1. The van der Waals surface area contributed by atoms with Crippen LogP contribution >= 0.6 is 27.5 Å². The molecule has 3 aromatic carbocycles. The molecule has 5 nitrogen and oxygen atoms in total. The average Bonchev–Trinajstić information content (AvgIpc) is 2.78. The zero-order chi connectivity index (χ0) is 22.7. The Morgan fingerprint density at radius 3 is 2.81 bits per heavy atom. The number of fused-ring (bicyclic) bond motifs is 1. The van der Waals surface area contributed by atoms with E-state index in [1.165, 1.54) is 23.0 Å². The third-order valence-corrected chi connectivity index (χ3v) is 5.49. The first kappa shape index (κ1) is 22.2. The van der Waals surface area contributed by atoms with Crippen molar-refractivity contribution in [1.29, 1.82) is 0 Å². The van der Waals surface area contributed by atoms with Gasteiger partial charge in [0.05, 0.1) is 17.1 Å². The summed E-state index contributed by atoms with van der Waals surface area (Å²) in [6.07, 6.45) is 2.04. The van der Waals surface area contributed by atoms with Crippen LogP contribution in [0.2, 0.25) is 5.02 Å². The van der Waals surface area contributed by atoms with E-state index < -0.39 is 0 Å². The maximum absolute atomic E-state index is 13.4. The standard InChI is InChI=1S/C24H18BrClFN3O2/c1-2-23-29-21-8-6-17(25)12-20(21)24(31)30(23)28-13-16-11-18(26)7-9-22(16)32-14-15-4-3-5-19(27)10-15/h3-13H,2,14H2,1H3. The Morgan fingerprint density at radius 1 is 1.19 bits per heavy atom. The summed E-state index contributed by atoms with van der Waals surface area (Å²) in [6, 6.07) is 16.6. The maximum Gasteiger partial charge on any atom is 0.282 e. The minimum absolute atomic E-state index is 0.173. The minimum atomic E-state index is -0.328. The fourth-order valence-electron chi connectivity index (χ4n) is 3.20. The Labute approximate surface area is 197 Å². The van der Waals surface area contributed by atoms with Gasteiger partial charge in [-0.3, -0.25) is 4.79 Å². The van der Waals surface area contributed by atoms with Crippen molar-refractivity contribution >= 4 is 44.6 Å². The lowest BCUT2D eigenvalue weighted by molar-refractivity contribution is 0.305. The molecule has 0 saturated carbocycles. The molecule has 162 valence electrons. The van der Waals surface area contributed by atoms with Crippen molar-refractivity contribution in [2.75, 3.05) is 0 Å². The molecule has 0 unspecified atom stereocenters. The molecule has 1 heterocycles. The second-order valence-electron chi connectivity index (χ2n) is 7.01. The molecular weight excluding hydrogens is 497 g/mol. The molecule has 0 saturated heterocycles. The quantitative estimate of drug-likeness (QED) is 0.298. The summed E-state index contributed by atoms with van der Waals surface area (Å²) in [4.78, 5) is 17.6. The minimum Gasteiger partial charge on any atom is -0.488 e. The fraction of sp³-hybridized carbons (Fsp3) is 0.125. The number of nitrogens with zero attached hydrogens (tertiary/aromatic N) is 3. The number of ether oxygens (including phenoxy) is 1. The number of halogens is 3. The highest BCUT2D eigenvalue weighted by Crippen LogP contribution is 2.23. The second-order valence-corrected chi connectivity index (χ2v) is 8.36. The van der Waals surface area contributed by atoms with Gasteiger partial charge in [0.15, 0.2) is 0 Å². The van der Waals surface area contributed by atoms with E-state index in [2.05, 4.69) is 26.0 Å². The van der Waals surface area contributed by atoms with Gasteiger partial charge in [-0.2, -0.15) is 9.78 Å². The van der Waals surface area contributed by atoms with E-state index in [1.807, 2.05) is 13.0 Å². The van der Waals surface area contributed by atoms with Crippen molar-refractivity contribution in [3.05, 3.63) is 103 Å². The Kier molecular flexibility index (Phi) is 6.67. The summed E-state index contributed by atoms with van der Waals surface area (Å²) in [5.74, 6) is 0.709. The summed E-state index contributed by atoms with van der Waals surface area (Å²) < 4.78 is 21.4. The first-order chi connectivity index (χ1) is 15.4. The van der Waals surface area contributed by atoms with Crippen molar-refractivity contribution in [3.63, 3.8) is 0 Å². The van der Waals surface area contributed by atoms with Crippen LogP contribution in [-0.2, 0) is 13.0 Å². The maximum atomic E-state index is 13.4. The molecule has 0 radical (unpaired) electrons. The van der Waals surface area contributed by atoms with E-state index in [-0.39, 0.29) is 18.0 Å². The summed E-state index contributed by atoms with van der Waals surface area (Å²) in [7, 11) is 0. The van der Waals surface area contributed by atoms with E-state index >= 15 is 0 Å². The van der Waals surface area contributed by atoms with Gasteiger partial charge in [-0.05, 0) is 54.1 Å². The third kappa shape index (κ3) is 4.89. The lowest BCUT2D eigenvalue weighted by atomic mass is 10.2. The van der Waals surface area contributed by atoms with Crippen LogP contribution in [0, 0.1) is 5.82 Å². The Morgan fingerprint density at radius 2 is 2.03 bits per heavy atom. The zero-order valence-electron chi connectivity index (χ0n) is 17.1. The van der Waals surface area contributed by atoms with E-state index in [9.17, 15) is 9.18 Å². The number of hydrogen-bond donors (Lipinski definition) is 0. The molecule has 4 rings (SSSR count). The molecule has 0 amide bonds. The van der Waals surface area contributed by atoms with Crippen molar-refractivity contribution < 1.29 is 9.13 Å². The topological polar surface area (TPSA) is 56.5 Å². The zero-order valence-corrected chi connectivity index (χ0v) is 19.4. The molecule has 0 N–H and O–H groups in total. The van der Waals surface area contributed by atoms with Gasteiger partial charge >= 0.3 is 0 Å². The molecule has 0 bridgehead atoms. The number of benzene rings is 3. The predicted molar refractivity (Wildman–Crippen MR) is 128 cm³/mol. The van der Waals surface area contributed by atoms with Gasteiger partial charge in [0.25, 0.3) is 5.56 Å². The summed E-state index contributed by atoms with van der Waals surface area (Å²) in [5.41, 5.74) is 1.62. The summed E-state index contributed by atoms with van der Waals surface area (Å²) >= 11 is 9.56. The van der Waals surface area contributed by atoms with Gasteiger partial charge in [0, 0.05) is 21.5 Å². The Bertz CT molecular complexity index is 1390. The summed E-state index contributed by atoms with van der Waals surface area (Å²) in [5, 5.41) is 5.35. The van der Waals surface area contributed by atoms with Crippen molar-refractivity contribution in [2.45, 2.75) is 20.0 Å². The highest BCUT2D eigenvalue weighted by atomic mass is 79.9. The molecule has 0 spiro atoms. The van der Waals surface area contributed by atoms with Gasteiger partial charge in [0.2, 0.25) is 0 Å². The second kappa shape index (κ2) is 9.63. The number of rotatable bonds is 6. The van der Waals surface area contributed by atoms with Crippen LogP contribution in [-0.4, -0.2) is 15.9 Å². The molecule has 0 aliphatic rings. The third-order valence-electron chi connectivity index (χ3n) is 4.76. The van der Waals surface area contributed by atoms with Gasteiger partial charge in [-0.25, -0.2) is 9.37 Å². The number of aromatic nitrogens is 2. The van der Waals surface area contributed by atoms with Crippen LogP contribution in [0.25, 0.3) is 10.9 Å². The molecule has 8 heteroatoms. The number of aryl methyl sites for hydroxylation is 1. The molecule has 0 atom stereocenters. The number of hydrogen-bond acceptors (Lipinski definition) is 4. The first-order valence-corrected chi connectivity index (χ1v) is 11.0. The summed E-state index contributed by atoms with van der Waals surface area (Å²) in [6.45, 7) is 2.08. The molecule has 1 aromatic heterocycles. The van der Waals surface area contributed by atoms with Crippen LogP contribution in [0.5, 0.6) is 5.75 Å². The largest absolute Gasteiger partial charge is 0.488 e. The van der Waals surface area contributed by atoms with E-state index in [1.54, 1.807) is 42.5 Å². The van der Waals surface area contributed by atoms with E-state index in [0.29, 0.717) is 45.0 Å². The van der Waals surface area contributed by atoms with Gasteiger partial charge < -0.3 is 4.74 Å². The molecule has 0 aliphatic heterocycles. The normalized spacial score (nSPS) is 11.4. The van der Waals surface area contributed by atoms with Crippen LogP contribution in [0.15, 0.2) is 75.0 Å². The van der Waals surface area contributed by atoms with Crippen molar-refractivity contribution in [1.82, 2.24) is 9.66 Å².